The van der Waals surface area contributed by atoms with Crippen LogP contribution in [0.2, 0.25) is 0 Å². The minimum absolute atomic E-state index is 0.0942. The molecular weight excluding hydrogens is 417 g/mol. The molecule has 0 bridgehead atoms. The van der Waals surface area contributed by atoms with Gasteiger partial charge >= 0.3 is 11.7 Å². The van der Waals surface area contributed by atoms with Crippen LogP contribution in [0.15, 0.2) is 42.5 Å². The molecule has 1 unspecified atom stereocenters. The molecule has 12 nitrogen and oxygen atoms in total. The van der Waals surface area contributed by atoms with Gasteiger partial charge in [0.25, 0.3) is 11.6 Å². The first kappa shape index (κ1) is 21.3. The molecule has 2 aromatic carbocycles. The Morgan fingerprint density at radius 3 is 2.35 bits per heavy atom. The third-order valence-corrected chi connectivity index (χ3v) is 4.66. The second-order valence-corrected chi connectivity index (χ2v) is 6.72. The van der Waals surface area contributed by atoms with E-state index in [2.05, 4.69) is 10.6 Å². The number of amides is 4. The highest BCUT2D eigenvalue weighted by Gasteiger charge is 2.49. The van der Waals surface area contributed by atoms with Gasteiger partial charge in [0, 0.05) is 23.9 Å². The van der Waals surface area contributed by atoms with E-state index in [0.29, 0.717) is 4.90 Å². The van der Waals surface area contributed by atoms with Crippen LogP contribution in [0.25, 0.3) is 0 Å². The van der Waals surface area contributed by atoms with Crippen LogP contribution in [0.4, 0.5) is 26.2 Å². The Morgan fingerprint density at radius 1 is 1.13 bits per heavy atom. The van der Waals surface area contributed by atoms with Gasteiger partial charge in [-0.15, -0.1) is 0 Å². The lowest BCUT2D eigenvalue weighted by molar-refractivity contribution is -0.387. The number of benzene rings is 2. The summed E-state index contributed by atoms with van der Waals surface area (Å²) < 4.78 is 13.4. The number of imide groups is 1. The molecule has 0 spiro atoms. The largest absolute Gasteiger partial charge is 0.325 e. The third-order valence-electron chi connectivity index (χ3n) is 4.66. The summed E-state index contributed by atoms with van der Waals surface area (Å²) in [6.07, 6.45) is 0. The number of carbonyl (C=O) groups excluding carboxylic acids is 3. The predicted octanol–water partition coefficient (Wildman–Crippen LogP) is 2.05. The van der Waals surface area contributed by atoms with Gasteiger partial charge in [-0.1, -0.05) is 0 Å². The normalized spacial score (nSPS) is 17.9. The maximum atomic E-state index is 13.4. The Labute approximate surface area is 172 Å². The maximum Gasteiger partial charge on any atom is 0.325 e. The van der Waals surface area contributed by atoms with Gasteiger partial charge in [-0.3, -0.25) is 34.7 Å². The SMILES string of the molecule is CC1(c2ccc([N+](=O)[O-])cc2)NC(=O)N(CC(=O)Nc2ccc(F)c([N+](=O)[O-])c2)C1=O. The minimum Gasteiger partial charge on any atom is -0.324 e. The quantitative estimate of drug-likeness (QED) is 0.401. The smallest absolute Gasteiger partial charge is 0.324 e. The van der Waals surface area contributed by atoms with Gasteiger partial charge in [-0.2, -0.15) is 4.39 Å². The molecule has 2 N–H and O–H groups in total. The van der Waals surface area contributed by atoms with Gasteiger partial charge in [0.05, 0.1) is 9.85 Å². The van der Waals surface area contributed by atoms with Crippen LogP contribution in [0.1, 0.15) is 12.5 Å². The molecule has 2 aromatic rings. The van der Waals surface area contributed by atoms with Crippen molar-refractivity contribution in [1.82, 2.24) is 10.2 Å². The summed E-state index contributed by atoms with van der Waals surface area (Å²) in [5.41, 5.74) is -2.43. The average molecular weight is 431 g/mol. The molecule has 0 aliphatic carbocycles. The molecular formula is C18H14FN5O7. The van der Waals surface area contributed by atoms with E-state index in [9.17, 15) is 39.0 Å². The van der Waals surface area contributed by atoms with Crippen molar-refractivity contribution in [3.05, 3.63) is 74.1 Å². The number of non-ortho nitro benzene ring substituents is 1. The van der Waals surface area contributed by atoms with Gasteiger partial charge in [0.1, 0.15) is 12.1 Å². The van der Waals surface area contributed by atoms with Crippen LogP contribution >= 0.6 is 0 Å². The van der Waals surface area contributed by atoms with E-state index in [1.54, 1.807) is 0 Å². The van der Waals surface area contributed by atoms with E-state index in [-0.39, 0.29) is 16.9 Å². The molecule has 4 amide bonds. The second-order valence-electron chi connectivity index (χ2n) is 6.72. The predicted molar refractivity (Wildman–Crippen MR) is 102 cm³/mol. The first-order valence-corrected chi connectivity index (χ1v) is 8.66. The summed E-state index contributed by atoms with van der Waals surface area (Å²) in [5, 5.41) is 26.3. The highest BCUT2D eigenvalue weighted by atomic mass is 19.1. The van der Waals surface area contributed by atoms with Gasteiger partial charge in [-0.25, -0.2) is 4.79 Å². The Bertz CT molecular complexity index is 1120. The number of nitrogens with one attached hydrogen (secondary N) is 2. The van der Waals surface area contributed by atoms with Gasteiger partial charge in [-0.05, 0) is 36.8 Å². The number of nitrogens with zero attached hydrogens (tertiary/aromatic N) is 3. The molecule has 13 heteroatoms. The summed E-state index contributed by atoms with van der Waals surface area (Å²) in [5.74, 6) is -2.71. The van der Waals surface area contributed by atoms with Crippen molar-refractivity contribution in [3.63, 3.8) is 0 Å². The molecule has 0 saturated carbocycles. The van der Waals surface area contributed by atoms with Gasteiger partial charge < -0.3 is 10.6 Å². The fourth-order valence-corrected chi connectivity index (χ4v) is 3.03. The summed E-state index contributed by atoms with van der Waals surface area (Å²) in [6, 6.07) is 6.81. The number of rotatable bonds is 6. The van der Waals surface area contributed by atoms with Crippen molar-refractivity contribution in [2.75, 3.05) is 11.9 Å². The number of hydrogen-bond donors (Lipinski definition) is 2. The first-order valence-electron chi connectivity index (χ1n) is 8.66. The Balaban J connectivity index is 1.75. The topological polar surface area (TPSA) is 165 Å². The zero-order chi connectivity index (χ0) is 22.9. The first-order chi connectivity index (χ1) is 14.5. The van der Waals surface area contributed by atoms with Crippen molar-refractivity contribution >= 4 is 34.9 Å². The van der Waals surface area contributed by atoms with Crippen molar-refractivity contribution in [3.8, 4) is 0 Å². The van der Waals surface area contributed by atoms with Gasteiger partial charge in [0.2, 0.25) is 11.7 Å². The zero-order valence-corrected chi connectivity index (χ0v) is 15.8. The molecule has 160 valence electrons. The third kappa shape index (κ3) is 4.01. The van der Waals surface area contributed by atoms with Crippen molar-refractivity contribution in [2.24, 2.45) is 0 Å². The van der Waals surface area contributed by atoms with E-state index >= 15 is 0 Å². The van der Waals surface area contributed by atoms with Crippen molar-refractivity contribution < 1.29 is 28.6 Å². The molecule has 1 fully saturated rings. The van der Waals surface area contributed by atoms with E-state index in [1.807, 2.05) is 0 Å². The average Bonchev–Trinajstić information content (AvgIpc) is 2.93. The van der Waals surface area contributed by atoms with E-state index in [4.69, 9.17) is 0 Å². The number of nitro benzene ring substituents is 2. The number of hydrogen-bond acceptors (Lipinski definition) is 7. The van der Waals surface area contributed by atoms with Crippen LogP contribution in [0.3, 0.4) is 0 Å². The summed E-state index contributed by atoms with van der Waals surface area (Å²) in [4.78, 5) is 58.0. The number of halogens is 1. The molecule has 1 aliphatic heterocycles. The zero-order valence-electron chi connectivity index (χ0n) is 15.8. The lowest BCUT2D eigenvalue weighted by Gasteiger charge is -2.22. The standard InChI is InChI=1S/C18H14FN5O7/c1-18(10-2-5-12(6-3-10)23(28)29)16(26)22(17(27)21-18)9-15(25)20-11-4-7-13(19)14(8-11)24(30)31/h2-8H,9H2,1H3,(H,20,25)(H,21,27). The Morgan fingerprint density at radius 2 is 1.77 bits per heavy atom. The second kappa shape index (κ2) is 7.78. The Kier molecular flexibility index (Phi) is 5.34. The van der Waals surface area contributed by atoms with Crippen LogP contribution in [0, 0.1) is 26.0 Å². The number of carbonyl (C=O) groups is 3. The lowest BCUT2D eigenvalue weighted by atomic mass is 9.92. The number of anilines is 1. The monoisotopic (exact) mass is 431 g/mol. The molecule has 31 heavy (non-hydrogen) atoms. The summed E-state index contributed by atoms with van der Waals surface area (Å²) >= 11 is 0. The molecule has 1 aliphatic rings. The van der Waals surface area contributed by atoms with Crippen molar-refractivity contribution in [2.45, 2.75) is 12.5 Å². The molecule has 1 heterocycles. The van der Waals surface area contributed by atoms with Crippen LogP contribution < -0.4 is 10.6 Å². The Hall–Kier alpha value is -4.42. The van der Waals surface area contributed by atoms with E-state index < -0.39 is 51.3 Å². The van der Waals surface area contributed by atoms with Crippen molar-refractivity contribution in [1.29, 1.82) is 0 Å². The summed E-state index contributed by atoms with van der Waals surface area (Å²) in [6.45, 7) is 0.675. The molecule has 1 atom stereocenters. The lowest BCUT2D eigenvalue weighted by Crippen LogP contribution is -2.42. The fraction of sp³-hybridized carbons (Fsp3) is 0.167. The van der Waals surface area contributed by atoms with Crippen LogP contribution in [0.5, 0.6) is 0 Å². The molecule has 0 aromatic heterocycles. The molecule has 1 saturated heterocycles. The fourth-order valence-electron chi connectivity index (χ4n) is 3.03. The highest BCUT2D eigenvalue weighted by Crippen LogP contribution is 2.30. The van der Waals surface area contributed by atoms with Crippen LogP contribution in [-0.2, 0) is 15.1 Å². The summed E-state index contributed by atoms with van der Waals surface area (Å²) in [7, 11) is 0. The van der Waals surface area contributed by atoms with Crippen LogP contribution in [-0.4, -0.2) is 39.1 Å². The number of urea groups is 1. The molecule has 0 radical (unpaired) electrons. The minimum atomic E-state index is -1.55. The van der Waals surface area contributed by atoms with E-state index in [1.165, 1.54) is 31.2 Å². The highest BCUT2D eigenvalue weighted by molar-refractivity contribution is 6.10. The number of nitro groups is 2. The van der Waals surface area contributed by atoms with Gasteiger partial charge in [0.15, 0.2) is 0 Å². The van der Waals surface area contributed by atoms with E-state index in [0.717, 1.165) is 18.2 Å². The maximum absolute atomic E-state index is 13.4. The molecule has 3 rings (SSSR count).